The molecule has 8 nitrogen and oxygen atoms in total. The molecule has 30 heavy (non-hydrogen) atoms. The van der Waals surface area contributed by atoms with Crippen molar-refractivity contribution in [1.82, 2.24) is 15.6 Å². The summed E-state index contributed by atoms with van der Waals surface area (Å²) in [5.74, 6) is 0.0842. The molecule has 2 N–H and O–H groups in total. The molecule has 0 bridgehead atoms. The van der Waals surface area contributed by atoms with Gasteiger partial charge in [-0.3, -0.25) is 14.4 Å². The summed E-state index contributed by atoms with van der Waals surface area (Å²) in [4.78, 5) is 38.0. The Hall–Kier alpha value is -2.74. The number of nitrogens with one attached hydrogen (secondary N) is 2. The van der Waals surface area contributed by atoms with Gasteiger partial charge >= 0.3 is 0 Å². The maximum absolute atomic E-state index is 12.7. The number of ether oxygens (including phenoxy) is 1. The number of hydrogen-bond acceptors (Lipinski definition) is 5. The monoisotopic (exact) mass is 412 g/mol. The molecule has 1 atom stereocenters. The first-order valence-corrected chi connectivity index (χ1v) is 10.7. The van der Waals surface area contributed by atoms with Crippen LogP contribution in [0, 0.1) is 5.92 Å². The number of benzene rings is 1. The van der Waals surface area contributed by atoms with Gasteiger partial charge in [0.25, 0.3) is 11.8 Å². The lowest BCUT2D eigenvalue weighted by molar-refractivity contribution is -0.142. The van der Waals surface area contributed by atoms with Crippen LogP contribution in [0.2, 0.25) is 0 Å². The molecule has 4 rings (SSSR count). The molecule has 3 amide bonds. The van der Waals surface area contributed by atoms with Gasteiger partial charge in [-0.05, 0) is 43.7 Å². The second-order valence-electron chi connectivity index (χ2n) is 8.35. The van der Waals surface area contributed by atoms with E-state index >= 15 is 0 Å². The zero-order valence-corrected chi connectivity index (χ0v) is 17.1. The smallest absolute Gasteiger partial charge is 0.270 e. The Morgan fingerprint density at radius 1 is 1.20 bits per heavy atom. The SMILES string of the molecule is O=C1CCC(C(=O)N2CCC3(CC2)CC(CNC(=O)c2ccccc2)CCO3)=NN1. The minimum atomic E-state index is -0.222. The number of rotatable bonds is 4. The maximum atomic E-state index is 12.7. The van der Waals surface area contributed by atoms with Crippen LogP contribution in [0.1, 0.15) is 48.9 Å². The van der Waals surface area contributed by atoms with Gasteiger partial charge in [0.2, 0.25) is 5.91 Å². The second kappa shape index (κ2) is 8.95. The number of piperidine rings is 1. The largest absolute Gasteiger partial charge is 0.375 e. The number of carbonyl (C=O) groups is 3. The van der Waals surface area contributed by atoms with Gasteiger partial charge in [0, 0.05) is 44.6 Å². The third kappa shape index (κ3) is 4.70. The fourth-order valence-corrected chi connectivity index (χ4v) is 4.51. The van der Waals surface area contributed by atoms with Crippen LogP contribution in [0.15, 0.2) is 35.4 Å². The third-order valence-corrected chi connectivity index (χ3v) is 6.30. The average molecular weight is 412 g/mol. The highest BCUT2D eigenvalue weighted by Gasteiger charge is 2.41. The lowest BCUT2D eigenvalue weighted by Crippen LogP contribution is -2.53. The van der Waals surface area contributed by atoms with Gasteiger partial charge in [-0.25, -0.2) is 5.43 Å². The van der Waals surface area contributed by atoms with Gasteiger partial charge in [0.05, 0.1) is 5.60 Å². The minimum Gasteiger partial charge on any atom is -0.375 e. The number of hydrogen-bond donors (Lipinski definition) is 2. The van der Waals surface area contributed by atoms with Crippen LogP contribution in [0.3, 0.4) is 0 Å². The Morgan fingerprint density at radius 3 is 2.67 bits per heavy atom. The molecule has 1 spiro atoms. The predicted molar refractivity (Wildman–Crippen MR) is 111 cm³/mol. The van der Waals surface area contributed by atoms with Crippen molar-refractivity contribution in [2.75, 3.05) is 26.2 Å². The highest BCUT2D eigenvalue weighted by Crippen LogP contribution is 2.37. The standard InChI is InChI=1S/C22H28N4O4/c27-19-7-6-18(24-25-19)21(29)26-11-9-22(10-12-26)14-16(8-13-30-22)15-23-20(28)17-4-2-1-3-5-17/h1-5,16H,6-15H2,(H,23,28)(H,25,27). The highest BCUT2D eigenvalue weighted by atomic mass is 16.5. The van der Waals surface area contributed by atoms with Gasteiger partial charge in [-0.1, -0.05) is 18.2 Å². The van der Waals surface area contributed by atoms with E-state index in [4.69, 9.17) is 4.74 Å². The molecule has 8 heteroatoms. The summed E-state index contributed by atoms with van der Waals surface area (Å²) in [6.45, 7) is 2.56. The van der Waals surface area contributed by atoms with E-state index in [9.17, 15) is 14.4 Å². The van der Waals surface area contributed by atoms with E-state index in [-0.39, 0.29) is 23.3 Å². The Balaban J connectivity index is 1.28. The number of nitrogens with zero attached hydrogens (tertiary/aromatic N) is 2. The summed E-state index contributed by atoms with van der Waals surface area (Å²) < 4.78 is 6.18. The van der Waals surface area contributed by atoms with E-state index in [1.807, 2.05) is 35.2 Å². The summed E-state index contributed by atoms with van der Waals surface area (Å²) in [5.41, 5.74) is 3.27. The van der Waals surface area contributed by atoms with E-state index in [0.717, 1.165) is 25.7 Å². The summed E-state index contributed by atoms with van der Waals surface area (Å²) >= 11 is 0. The Labute approximate surface area is 176 Å². The number of amides is 3. The van der Waals surface area contributed by atoms with Gasteiger partial charge in [-0.15, -0.1) is 0 Å². The third-order valence-electron chi connectivity index (χ3n) is 6.30. The van der Waals surface area contributed by atoms with Crippen molar-refractivity contribution in [3.05, 3.63) is 35.9 Å². The van der Waals surface area contributed by atoms with E-state index in [0.29, 0.717) is 56.3 Å². The molecule has 2 fully saturated rings. The van der Waals surface area contributed by atoms with Crippen LogP contribution in [-0.4, -0.2) is 60.2 Å². The van der Waals surface area contributed by atoms with E-state index in [1.54, 1.807) is 0 Å². The van der Waals surface area contributed by atoms with E-state index in [2.05, 4.69) is 15.8 Å². The highest BCUT2D eigenvalue weighted by molar-refractivity contribution is 6.39. The first kappa shape index (κ1) is 20.5. The van der Waals surface area contributed by atoms with Crippen LogP contribution in [0.5, 0.6) is 0 Å². The molecule has 0 saturated carbocycles. The normalized spacial score (nSPS) is 23.5. The molecule has 0 aliphatic carbocycles. The van der Waals surface area contributed by atoms with Gasteiger partial charge in [0.15, 0.2) is 0 Å². The summed E-state index contributed by atoms with van der Waals surface area (Å²) in [6.07, 6.45) is 4.08. The average Bonchev–Trinajstić information content (AvgIpc) is 2.79. The molecule has 3 aliphatic heterocycles. The van der Waals surface area contributed by atoms with Gasteiger partial charge in [0.1, 0.15) is 5.71 Å². The minimum absolute atomic E-state index is 0.0445. The van der Waals surface area contributed by atoms with Crippen LogP contribution in [-0.2, 0) is 14.3 Å². The topological polar surface area (TPSA) is 100 Å². The Bertz CT molecular complexity index is 831. The Morgan fingerprint density at radius 2 is 1.97 bits per heavy atom. The summed E-state index contributed by atoms with van der Waals surface area (Å²) in [6, 6.07) is 9.25. The fraction of sp³-hybridized carbons (Fsp3) is 0.545. The summed E-state index contributed by atoms with van der Waals surface area (Å²) in [7, 11) is 0. The molecule has 1 aromatic carbocycles. The molecule has 3 heterocycles. The van der Waals surface area contributed by atoms with Crippen molar-refractivity contribution in [3.8, 4) is 0 Å². The molecule has 160 valence electrons. The number of carbonyl (C=O) groups excluding carboxylic acids is 3. The van der Waals surface area contributed by atoms with Gasteiger partial charge < -0.3 is 15.0 Å². The van der Waals surface area contributed by atoms with Crippen LogP contribution >= 0.6 is 0 Å². The van der Waals surface area contributed by atoms with Crippen LogP contribution < -0.4 is 10.7 Å². The van der Waals surface area contributed by atoms with Crippen molar-refractivity contribution in [2.45, 2.75) is 44.1 Å². The molecule has 1 unspecified atom stereocenters. The first-order chi connectivity index (χ1) is 14.5. The summed E-state index contributed by atoms with van der Waals surface area (Å²) in [5, 5.41) is 6.98. The van der Waals surface area contributed by atoms with Crippen LogP contribution in [0.25, 0.3) is 0 Å². The molecular weight excluding hydrogens is 384 g/mol. The first-order valence-electron chi connectivity index (χ1n) is 10.7. The molecular formula is C22H28N4O4. The number of hydrazone groups is 1. The molecule has 0 aromatic heterocycles. The molecule has 1 aromatic rings. The molecule has 2 saturated heterocycles. The van der Waals surface area contributed by atoms with E-state index in [1.165, 1.54) is 0 Å². The van der Waals surface area contributed by atoms with Gasteiger partial charge in [-0.2, -0.15) is 5.10 Å². The van der Waals surface area contributed by atoms with Crippen molar-refractivity contribution < 1.29 is 19.1 Å². The predicted octanol–water partition coefficient (Wildman–Crippen LogP) is 1.47. The zero-order valence-electron chi connectivity index (χ0n) is 17.1. The molecule has 0 radical (unpaired) electrons. The Kier molecular flexibility index (Phi) is 6.13. The molecule has 3 aliphatic rings. The van der Waals surface area contributed by atoms with Crippen LogP contribution in [0.4, 0.5) is 0 Å². The lowest BCUT2D eigenvalue weighted by Gasteiger charge is -2.46. The van der Waals surface area contributed by atoms with Crippen molar-refractivity contribution in [3.63, 3.8) is 0 Å². The van der Waals surface area contributed by atoms with Crippen molar-refractivity contribution in [1.29, 1.82) is 0 Å². The van der Waals surface area contributed by atoms with E-state index < -0.39 is 0 Å². The fourth-order valence-electron chi connectivity index (χ4n) is 4.51. The maximum Gasteiger partial charge on any atom is 0.270 e. The lowest BCUT2D eigenvalue weighted by atomic mass is 9.79. The van der Waals surface area contributed by atoms with Crippen molar-refractivity contribution >= 4 is 23.4 Å². The second-order valence-corrected chi connectivity index (χ2v) is 8.35. The van der Waals surface area contributed by atoms with Crippen molar-refractivity contribution in [2.24, 2.45) is 11.0 Å². The number of likely N-dealkylation sites (tertiary alicyclic amines) is 1. The zero-order chi connectivity index (χ0) is 21.0. The quantitative estimate of drug-likeness (QED) is 0.782.